The van der Waals surface area contributed by atoms with E-state index in [1.165, 1.54) is 17.7 Å². The van der Waals surface area contributed by atoms with Crippen LogP contribution in [0.25, 0.3) is 0 Å². The maximum absolute atomic E-state index is 12.4. The van der Waals surface area contributed by atoms with Gasteiger partial charge in [0.1, 0.15) is 12.2 Å². The number of esters is 2. The monoisotopic (exact) mass is 371 g/mol. The molecule has 1 aliphatic carbocycles. The maximum Gasteiger partial charge on any atom is 0.309 e. The van der Waals surface area contributed by atoms with Crippen molar-refractivity contribution in [3.05, 3.63) is 23.0 Å². The minimum atomic E-state index is -0.149. The number of carbonyl (C=O) groups excluding carboxylic acids is 2. The van der Waals surface area contributed by atoms with Crippen LogP contribution in [0.2, 0.25) is 0 Å². The van der Waals surface area contributed by atoms with Crippen molar-refractivity contribution in [2.24, 2.45) is 17.8 Å². The van der Waals surface area contributed by atoms with Crippen molar-refractivity contribution >= 4 is 11.9 Å². The lowest BCUT2D eigenvalue weighted by atomic mass is 9.66. The average Bonchev–Trinajstić information content (AvgIpc) is 3.20. The number of nitrogens with zero attached hydrogens (tertiary/aromatic N) is 1. The van der Waals surface area contributed by atoms with Crippen molar-refractivity contribution in [2.75, 3.05) is 0 Å². The summed E-state index contributed by atoms with van der Waals surface area (Å²) in [5, 5.41) is 0. The zero-order valence-electron chi connectivity index (χ0n) is 16.4. The third-order valence-corrected chi connectivity index (χ3v) is 7.54. The van der Waals surface area contributed by atoms with Crippen LogP contribution >= 0.6 is 0 Å². The molecule has 0 radical (unpaired) electrons. The lowest BCUT2D eigenvalue weighted by Gasteiger charge is -2.39. The Bertz CT molecular complexity index is 796. The molecule has 3 aliphatic heterocycles. The maximum atomic E-state index is 12.4. The molecule has 146 valence electrons. The number of fused-ring (bicyclic) bond motifs is 2. The molecule has 4 heterocycles. The standard InChI is InChI=1S/C22H29NO4/c1-4-13-14-7-5-6-8-23-16(17-9-11(2)21(24)26-17)10-15(19(14)23)18-12(3)22(25)27-20(13)18/h10-14,17-18,20H,4-9H2,1-3H3/t11-,12+,13-,14-,17-,18+,20+/m0/s1. The van der Waals surface area contributed by atoms with E-state index in [0.29, 0.717) is 11.8 Å². The Balaban J connectivity index is 1.67. The van der Waals surface area contributed by atoms with E-state index in [1.807, 2.05) is 13.8 Å². The number of rotatable bonds is 2. The number of hydrogen-bond donors (Lipinski definition) is 0. The fourth-order valence-corrected chi connectivity index (χ4v) is 6.19. The third-order valence-electron chi connectivity index (χ3n) is 7.54. The van der Waals surface area contributed by atoms with Crippen LogP contribution in [0.15, 0.2) is 6.07 Å². The fraction of sp³-hybridized carbons (Fsp3) is 0.727. The molecular weight excluding hydrogens is 342 g/mol. The minimum absolute atomic E-state index is 0.00171. The first-order valence-electron chi connectivity index (χ1n) is 10.7. The van der Waals surface area contributed by atoms with Crippen molar-refractivity contribution in [3.8, 4) is 0 Å². The highest BCUT2D eigenvalue weighted by atomic mass is 16.6. The van der Waals surface area contributed by atoms with Gasteiger partial charge in [-0.05, 0) is 30.9 Å². The van der Waals surface area contributed by atoms with Gasteiger partial charge in [-0.1, -0.05) is 27.2 Å². The van der Waals surface area contributed by atoms with E-state index in [9.17, 15) is 9.59 Å². The van der Waals surface area contributed by atoms with Crippen molar-refractivity contribution in [3.63, 3.8) is 0 Å². The van der Waals surface area contributed by atoms with Crippen molar-refractivity contribution < 1.29 is 19.1 Å². The number of aromatic nitrogens is 1. The van der Waals surface area contributed by atoms with E-state index in [0.717, 1.165) is 37.9 Å². The predicted molar refractivity (Wildman–Crippen MR) is 99.2 cm³/mol. The Kier molecular flexibility index (Phi) is 3.92. The topological polar surface area (TPSA) is 57.5 Å². The summed E-state index contributed by atoms with van der Waals surface area (Å²) < 4.78 is 14.1. The highest BCUT2D eigenvalue weighted by Gasteiger charge is 2.54. The van der Waals surface area contributed by atoms with Gasteiger partial charge in [-0.3, -0.25) is 9.59 Å². The zero-order valence-corrected chi connectivity index (χ0v) is 16.4. The van der Waals surface area contributed by atoms with Crippen LogP contribution in [0.1, 0.15) is 87.8 Å². The average molecular weight is 371 g/mol. The summed E-state index contributed by atoms with van der Waals surface area (Å²) in [6, 6.07) is 2.26. The van der Waals surface area contributed by atoms with Gasteiger partial charge < -0.3 is 14.0 Å². The molecule has 2 saturated heterocycles. The molecule has 2 fully saturated rings. The van der Waals surface area contributed by atoms with E-state index in [1.54, 1.807) is 0 Å². The third kappa shape index (κ3) is 2.36. The summed E-state index contributed by atoms with van der Waals surface area (Å²) in [6.07, 6.45) is 5.14. The van der Waals surface area contributed by atoms with Crippen LogP contribution < -0.4 is 0 Å². The van der Waals surface area contributed by atoms with Gasteiger partial charge in [-0.15, -0.1) is 0 Å². The molecule has 0 spiro atoms. The largest absolute Gasteiger partial charge is 0.461 e. The Labute approximate surface area is 160 Å². The Morgan fingerprint density at radius 3 is 2.67 bits per heavy atom. The summed E-state index contributed by atoms with van der Waals surface area (Å²) in [4.78, 5) is 24.5. The quantitative estimate of drug-likeness (QED) is 0.736. The highest BCUT2D eigenvalue weighted by molar-refractivity contribution is 5.77. The second-order valence-corrected chi connectivity index (χ2v) is 9.01. The number of cyclic esters (lactones) is 1. The molecule has 5 nitrogen and oxygen atoms in total. The van der Waals surface area contributed by atoms with Gasteiger partial charge in [0.15, 0.2) is 0 Å². The number of carbonyl (C=O) groups is 2. The van der Waals surface area contributed by atoms with E-state index < -0.39 is 0 Å². The SMILES string of the molecule is CC[C@@H]1[C@H]2OC(=O)[C@H](C)[C@@H]2c2cc([C@@H]3C[C@H](C)C(=O)O3)n3c2[C@H]1CCCC3. The highest BCUT2D eigenvalue weighted by Crippen LogP contribution is 2.55. The molecule has 1 aromatic rings. The van der Waals surface area contributed by atoms with Gasteiger partial charge in [-0.25, -0.2) is 0 Å². The van der Waals surface area contributed by atoms with Crippen LogP contribution in [0.3, 0.4) is 0 Å². The molecule has 0 unspecified atom stereocenters. The summed E-state index contributed by atoms with van der Waals surface area (Å²) >= 11 is 0. The summed E-state index contributed by atoms with van der Waals surface area (Å²) in [7, 11) is 0. The van der Waals surface area contributed by atoms with Crippen LogP contribution in [-0.4, -0.2) is 22.6 Å². The van der Waals surface area contributed by atoms with Crippen LogP contribution in [0.5, 0.6) is 0 Å². The normalized spacial score (nSPS) is 40.2. The lowest BCUT2D eigenvalue weighted by Crippen LogP contribution is -2.36. The zero-order chi connectivity index (χ0) is 18.9. The molecule has 0 bridgehead atoms. The van der Waals surface area contributed by atoms with Gasteiger partial charge in [0, 0.05) is 36.4 Å². The van der Waals surface area contributed by atoms with Crippen LogP contribution in [0.4, 0.5) is 0 Å². The van der Waals surface area contributed by atoms with E-state index >= 15 is 0 Å². The number of hydrogen-bond acceptors (Lipinski definition) is 4. The first kappa shape index (κ1) is 17.3. The predicted octanol–water partition coefficient (Wildman–Crippen LogP) is 4.06. The van der Waals surface area contributed by atoms with Gasteiger partial charge >= 0.3 is 11.9 Å². The Morgan fingerprint density at radius 1 is 1.15 bits per heavy atom. The van der Waals surface area contributed by atoms with E-state index in [4.69, 9.17) is 9.47 Å². The molecule has 7 atom stereocenters. The molecule has 5 rings (SSSR count). The van der Waals surface area contributed by atoms with E-state index in [-0.39, 0.29) is 41.9 Å². The van der Waals surface area contributed by atoms with Crippen molar-refractivity contribution in [2.45, 2.75) is 83.5 Å². The molecule has 5 heteroatoms. The van der Waals surface area contributed by atoms with Gasteiger partial charge in [-0.2, -0.15) is 0 Å². The van der Waals surface area contributed by atoms with Gasteiger partial charge in [0.05, 0.1) is 17.5 Å². The summed E-state index contributed by atoms with van der Waals surface area (Å²) in [5.74, 6) is 0.690. The molecular formula is C22H29NO4. The fourth-order valence-electron chi connectivity index (χ4n) is 6.19. The molecule has 0 aromatic carbocycles. The first-order chi connectivity index (χ1) is 13.0. The summed E-state index contributed by atoms with van der Waals surface area (Å²) in [6.45, 7) is 7.17. The first-order valence-corrected chi connectivity index (χ1v) is 10.7. The molecule has 0 N–H and O–H groups in total. The molecule has 0 amide bonds. The lowest BCUT2D eigenvalue weighted by molar-refractivity contribution is -0.146. The molecule has 4 aliphatic rings. The van der Waals surface area contributed by atoms with Crippen LogP contribution in [-0.2, 0) is 25.6 Å². The van der Waals surface area contributed by atoms with Gasteiger partial charge in [0.2, 0.25) is 0 Å². The minimum Gasteiger partial charge on any atom is -0.461 e. The number of ether oxygens (including phenoxy) is 2. The smallest absolute Gasteiger partial charge is 0.309 e. The molecule has 1 aromatic heterocycles. The van der Waals surface area contributed by atoms with Gasteiger partial charge in [0.25, 0.3) is 0 Å². The second-order valence-electron chi connectivity index (χ2n) is 9.01. The molecule has 0 saturated carbocycles. The molecule has 27 heavy (non-hydrogen) atoms. The van der Waals surface area contributed by atoms with Crippen molar-refractivity contribution in [1.29, 1.82) is 0 Å². The van der Waals surface area contributed by atoms with Crippen LogP contribution in [0, 0.1) is 17.8 Å². The van der Waals surface area contributed by atoms with E-state index in [2.05, 4.69) is 17.6 Å². The Hall–Kier alpha value is -1.78. The summed E-state index contributed by atoms with van der Waals surface area (Å²) in [5.41, 5.74) is 3.85. The van der Waals surface area contributed by atoms with Crippen molar-refractivity contribution in [1.82, 2.24) is 4.57 Å². The Morgan fingerprint density at radius 2 is 1.96 bits per heavy atom. The second kappa shape index (κ2) is 6.11.